The molecule has 1 atom stereocenters. The summed E-state index contributed by atoms with van der Waals surface area (Å²) in [5, 5.41) is 11.9. The molecule has 4 rings (SSSR count). The molecule has 5 nitrogen and oxygen atoms in total. The summed E-state index contributed by atoms with van der Waals surface area (Å²) in [5.41, 5.74) is 2.24. The summed E-state index contributed by atoms with van der Waals surface area (Å²) in [6.07, 6.45) is 5.18. The van der Waals surface area contributed by atoms with Gasteiger partial charge in [-0.05, 0) is 62.9 Å². The molecule has 22 heavy (non-hydrogen) atoms. The first-order valence-electron chi connectivity index (χ1n) is 8.19. The van der Waals surface area contributed by atoms with Crippen LogP contribution in [0.25, 0.3) is 10.9 Å². The quantitative estimate of drug-likeness (QED) is 0.914. The highest BCUT2D eigenvalue weighted by Gasteiger charge is 2.57. The predicted molar refractivity (Wildman–Crippen MR) is 86.7 cm³/mol. The average molecular weight is 298 g/mol. The van der Waals surface area contributed by atoms with E-state index in [1.54, 1.807) is 0 Å². The van der Waals surface area contributed by atoms with Gasteiger partial charge in [0.1, 0.15) is 0 Å². The highest BCUT2D eigenvalue weighted by molar-refractivity contribution is 5.97. The molecule has 116 valence electrons. The van der Waals surface area contributed by atoms with Crippen LogP contribution in [0.4, 0.5) is 5.69 Å². The molecule has 2 aliphatic rings. The topological polar surface area (TPSA) is 59.0 Å². The lowest BCUT2D eigenvalue weighted by atomic mass is 9.92. The average Bonchev–Trinajstić information content (AvgIpc) is 3.07. The molecule has 2 N–H and O–H groups in total. The van der Waals surface area contributed by atoms with Gasteiger partial charge in [0.05, 0.1) is 11.7 Å². The van der Waals surface area contributed by atoms with Crippen LogP contribution in [0.3, 0.4) is 0 Å². The molecular weight excluding hydrogens is 276 g/mol. The Morgan fingerprint density at radius 2 is 2.27 bits per heavy atom. The minimum absolute atomic E-state index is 0.184. The molecule has 1 aromatic heterocycles. The van der Waals surface area contributed by atoms with Crippen LogP contribution >= 0.6 is 0 Å². The summed E-state index contributed by atoms with van der Waals surface area (Å²) in [6, 6.07) is 6.03. The molecule has 2 heterocycles. The molecule has 1 aliphatic heterocycles. The van der Waals surface area contributed by atoms with E-state index in [0.29, 0.717) is 0 Å². The number of rotatable bonds is 3. The maximum atomic E-state index is 12.5. The van der Waals surface area contributed by atoms with Crippen molar-refractivity contribution >= 4 is 22.5 Å². The van der Waals surface area contributed by atoms with Crippen molar-refractivity contribution < 1.29 is 4.79 Å². The van der Waals surface area contributed by atoms with Crippen LogP contribution in [0.15, 0.2) is 24.4 Å². The van der Waals surface area contributed by atoms with E-state index in [-0.39, 0.29) is 17.2 Å². The van der Waals surface area contributed by atoms with Gasteiger partial charge in [-0.15, -0.1) is 0 Å². The fourth-order valence-electron chi connectivity index (χ4n) is 3.83. The lowest BCUT2D eigenvalue weighted by molar-refractivity contribution is -0.118. The highest BCUT2D eigenvalue weighted by atomic mass is 16.2. The number of hydrogen-bond acceptors (Lipinski definition) is 3. The normalized spacial score (nSPS) is 22.9. The summed E-state index contributed by atoms with van der Waals surface area (Å²) in [4.78, 5) is 12.5. The third-order valence-electron chi connectivity index (χ3n) is 5.32. The Labute approximate surface area is 130 Å². The molecule has 1 amide bonds. The van der Waals surface area contributed by atoms with Gasteiger partial charge in [-0.1, -0.05) is 0 Å². The van der Waals surface area contributed by atoms with E-state index >= 15 is 0 Å². The number of carbonyl (C=O) groups excluding carboxylic acids is 1. The van der Waals surface area contributed by atoms with E-state index < -0.39 is 0 Å². The van der Waals surface area contributed by atoms with Gasteiger partial charge in [0, 0.05) is 23.5 Å². The summed E-state index contributed by atoms with van der Waals surface area (Å²) in [7, 11) is 0. The number of aromatic nitrogens is 2. The predicted octanol–water partition coefficient (Wildman–Crippen LogP) is 2.38. The lowest BCUT2D eigenvalue weighted by Crippen LogP contribution is -2.31. The monoisotopic (exact) mass is 298 g/mol. The Bertz CT molecular complexity index is 715. The van der Waals surface area contributed by atoms with E-state index in [1.165, 1.54) is 0 Å². The second kappa shape index (κ2) is 5.09. The summed E-state index contributed by atoms with van der Waals surface area (Å²) in [6.45, 7) is 5.00. The van der Waals surface area contributed by atoms with Gasteiger partial charge in [0.15, 0.2) is 0 Å². The summed E-state index contributed by atoms with van der Waals surface area (Å²) in [5.74, 6) is 0.380. The van der Waals surface area contributed by atoms with Crippen molar-refractivity contribution in [3.63, 3.8) is 0 Å². The zero-order valence-electron chi connectivity index (χ0n) is 12.9. The Hall–Kier alpha value is -1.88. The molecule has 2 aromatic rings. The first-order chi connectivity index (χ1) is 10.7. The maximum absolute atomic E-state index is 12.5. The van der Waals surface area contributed by atoms with E-state index in [2.05, 4.69) is 22.7 Å². The minimum Gasteiger partial charge on any atom is -0.326 e. The largest absolute Gasteiger partial charge is 0.326 e. The van der Waals surface area contributed by atoms with Crippen LogP contribution in [-0.4, -0.2) is 28.8 Å². The zero-order chi connectivity index (χ0) is 15.2. The van der Waals surface area contributed by atoms with E-state index in [4.69, 9.17) is 0 Å². The number of aryl methyl sites for hydroxylation is 1. The van der Waals surface area contributed by atoms with Gasteiger partial charge in [0.2, 0.25) is 5.91 Å². The fraction of sp³-hybridized carbons (Fsp3) is 0.529. The number of benzene rings is 1. The molecule has 0 radical (unpaired) electrons. The highest BCUT2D eigenvalue weighted by Crippen LogP contribution is 2.58. The van der Waals surface area contributed by atoms with Crippen molar-refractivity contribution in [1.82, 2.24) is 15.1 Å². The van der Waals surface area contributed by atoms with Gasteiger partial charge < -0.3 is 10.6 Å². The van der Waals surface area contributed by atoms with E-state index in [9.17, 15) is 4.79 Å². The van der Waals surface area contributed by atoms with Gasteiger partial charge >= 0.3 is 0 Å². The van der Waals surface area contributed by atoms with Crippen molar-refractivity contribution in [1.29, 1.82) is 0 Å². The number of nitrogens with one attached hydrogen (secondary N) is 2. The molecule has 1 saturated carbocycles. The maximum Gasteiger partial charge on any atom is 0.228 e. The number of anilines is 1. The smallest absolute Gasteiger partial charge is 0.228 e. The van der Waals surface area contributed by atoms with Crippen molar-refractivity contribution in [2.75, 3.05) is 18.4 Å². The second-order valence-corrected chi connectivity index (χ2v) is 6.59. The summed E-state index contributed by atoms with van der Waals surface area (Å²) >= 11 is 0. The molecule has 1 saturated heterocycles. The third-order valence-corrected chi connectivity index (χ3v) is 5.32. The number of hydrogen-bond donors (Lipinski definition) is 2. The number of piperidine rings is 1. The molecule has 1 aliphatic carbocycles. The zero-order valence-corrected chi connectivity index (χ0v) is 12.9. The molecule has 1 unspecified atom stereocenters. The lowest BCUT2D eigenvalue weighted by Gasteiger charge is -2.23. The van der Waals surface area contributed by atoms with Crippen molar-refractivity contribution in [3.05, 3.63) is 24.4 Å². The SMILES string of the molecule is CCn1ncc2ccc(NC(=O)C3CC34CCNCC4)cc21. The Balaban J connectivity index is 1.50. The van der Waals surface area contributed by atoms with Crippen LogP contribution in [0.1, 0.15) is 26.2 Å². The second-order valence-electron chi connectivity index (χ2n) is 6.59. The molecule has 1 aromatic carbocycles. The first kappa shape index (κ1) is 13.8. The summed E-state index contributed by atoms with van der Waals surface area (Å²) < 4.78 is 1.95. The van der Waals surface area contributed by atoms with Gasteiger partial charge in [-0.3, -0.25) is 9.48 Å². The third kappa shape index (κ3) is 2.20. The Morgan fingerprint density at radius 3 is 3.05 bits per heavy atom. The van der Waals surface area contributed by atoms with Gasteiger partial charge in [-0.2, -0.15) is 5.10 Å². The van der Waals surface area contributed by atoms with Crippen LogP contribution in [-0.2, 0) is 11.3 Å². The van der Waals surface area contributed by atoms with Crippen LogP contribution in [0, 0.1) is 11.3 Å². The van der Waals surface area contributed by atoms with Crippen molar-refractivity contribution in [2.24, 2.45) is 11.3 Å². The van der Waals surface area contributed by atoms with Crippen LogP contribution < -0.4 is 10.6 Å². The molecule has 2 fully saturated rings. The Kier molecular flexibility index (Phi) is 3.18. The van der Waals surface area contributed by atoms with Crippen molar-refractivity contribution in [3.8, 4) is 0 Å². The molecule has 1 spiro atoms. The minimum atomic E-state index is 0.184. The number of fused-ring (bicyclic) bond motifs is 1. The molecular formula is C17H22N4O. The molecule has 0 bridgehead atoms. The Morgan fingerprint density at radius 1 is 1.45 bits per heavy atom. The van der Waals surface area contributed by atoms with E-state index in [1.807, 2.05) is 29.1 Å². The van der Waals surface area contributed by atoms with Crippen LogP contribution in [0.2, 0.25) is 0 Å². The standard InChI is InChI=1S/C17H22N4O/c1-2-21-15-9-13(4-3-12(15)11-19-21)20-16(22)14-10-17(14)5-7-18-8-6-17/h3-4,9,11,14,18H,2,5-8,10H2,1H3,(H,20,22). The first-order valence-corrected chi connectivity index (χ1v) is 8.19. The fourth-order valence-corrected chi connectivity index (χ4v) is 3.83. The van der Waals surface area contributed by atoms with Gasteiger partial charge in [-0.25, -0.2) is 0 Å². The van der Waals surface area contributed by atoms with Crippen molar-refractivity contribution in [2.45, 2.75) is 32.7 Å². The van der Waals surface area contributed by atoms with Crippen LogP contribution in [0.5, 0.6) is 0 Å². The number of nitrogens with zero attached hydrogens (tertiary/aromatic N) is 2. The molecule has 5 heteroatoms. The number of amides is 1. The van der Waals surface area contributed by atoms with Gasteiger partial charge in [0.25, 0.3) is 0 Å². The number of carbonyl (C=O) groups is 1. The van der Waals surface area contributed by atoms with E-state index in [0.717, 1.165) is 55.5 Å².